The van der Waals surface area contributed by atoms with Gasteiger partial charge < -0.3 is 9.64 Å². The molecule has 1 aliphatic heterocycles. The van der Waals surface area contributed by atoms with E-state index in [1.54, 1.807) is 6.33 Å². The second-order valence-corrected chi connectivity index (χ2v) is 6.05. The standard InChI is InChI=1S/C16H23N3O2/c1-2-21-16(20)13-4-3-7-19(10-13)15-9-14(17-11-18-15)8-12-5-6-12/h9,11-13H,2-8,10H2,1H3. The van der Waals surface area contributed by atoms with E-state index in [1.807, 2.05) is 6.92 Å². The third-order valence-electron chi connectivity index (χ3n) is 4.27. The number of carbonyl (C=O) groups is 1. The lowest BCUT2D eigenvalue weighted by Crippen LogP contribution is -2.39. The summed E-state index contributed by atoms with van der Waals surface area (Å²) in [4.78, 5) is 22.9. The molecule has 5 heteroatoms. The number of hydrogen-bond acceptors (Lipinski definition) is 5. The highest BCUT2D eigenvalue weighted by molar-refractivity contribution is 5.73. The maximum Gasteiger partial charge on any atom is 0.310 e. The topological polar surface area (TPSA) is 55.3 Å². The predicted octanol–water partition coefficient (Wildman–Crippen LogP) is 2.21. The molecule has 1 aromatic rings. The van der Waals surface area contributed by atoms with E-state index >= 15 is 0 Å². The van der Waals surface area contributed by atoms with Gasteiger partial charge in [0.1, 0.15) is 12.1 Å². The van der Waals surface area contributed by atoms with Gasteiger partial charge in [-0.3, -0.25) is 4.79 Å². The zero-order chi connectivity index (χ0) is 14.7. The Hall–Kier alpha value is -1.65. The van der Waals surface area contributed by atoms with Crippen molar-refractivity contribution in [3.05, 3.63) is 18.1 Å². The molecule has 5 nitrogen and oxygen atoms in total. The highest BCUT2D eigenvalue weighted by Crippen LogP contribution is 2.32. The first-order valence-electron chi connectivity index (χ1n) is 7.98. The molecule has 1 saturated carbocycles. The molecule has 0 spiro atoms. The fraction of sp³-hybridized carbons (Fsp3) is 0.688. The minimum atomic E-state index is -0.0746. The van der Waals surface area contributed by atoms with Crippen molar-refractivity contribution in [2.24, 2.45) is 11.8 Å². The fourth-order valence-corrected chi connectivity index (χ4v) is 2.93. The van der Waals surface area contributed by atoms with E-state index in [1.165, 1.54) is 12.8 Å². The highest BCUT2D eigenvalue weighted by atomic mass is 16.5. The first-order valence-corrected chi connectivity index (χ1v) is 7.98. The van der Waals surface area contributed by atoms with Crippen molar-refractivity contribution in [1.82, 2.24) is 9.97 Å². The van der Waals surface area contributed by atoms with Crippen LogP contribution in [0.3, 0.4) is 0 Å². The largest absolute Gasteiger partial charge is 0.466 e. The van der Waals surface area contributed by atoms with Gasteiger partial charge in [0.15, 0.2) is 0 Å². The Morgan fingerprint density at radius 2 is 2.24 bits per heavy atom. The first kappa shape index (κ1) is 14.3. The van der Waals surface area contributed by atoms with Crippen molar-refractivity contribution in [3.63, 3.8) is 0 Å². The van der Waals surface area contributed by atoms with Crippen molar-refractivity contribution in [2.45, 2.75) is 39.0 Å². The van der Waals surface area contributed by atoms with E-state index in [0.717, 1.165) is 43.2 Å². The molecule has 21 heavy (non-hydrogen) atoms. The van der Waals surface area contributed by atoms with Gasteiger partial charge in [0.2, 0.25) is 0 Å². The smallest absolute Gasteiger partial charge is 0.310 e. The normalized spacial score (nSPS) is 22.1. The van der Waals surface area contributed by atoms with E-state index in [2.05, 4.69) is 20.9 Å². The van der Waals surface area contributed by atoms with E-state index in [-0.39, 0.29) is 11.9 Å². The monoisotopic (exact) mass is 289 g/mol. The first-order chi connectivity index (χ1) is 10.3. The maximum absolute atomic E-state index is 11.9. The van der Waals surface area contributed by atoms with Crippen molar-refractivity contribution >= 4 is 11.8 Å². The molecule has 2 fully saturated rings. The van der Waals surface area contributed by atoms with E-state index < -0.39 is 0 Å². The molecular weight excluding hydrogens is 266 g/mol. The van der Waals surface area contributed by atoms with E-state index in [0.29, 0.717) is 13.2 Å². The number of esters is 1. The van der Waals surface area contributed by atoms with Crippen LogP contribution in [0.1, 0.15) is 38.3 Å². The number of hydrogen-bond donors (Lipinski definition) is 0. The van der Waals surface area contributed by atoms with Crippen LogP contribution in [0.4, 0.5) is 5.82 Å². The van der Waals surface area contributed by atoms with Crippen LogP contribution in [-0.4, -0.2) is 35.6 Å². The molecule has 1 aromatic heterocycles. The maximum atomic E-state index is 11.9. The lowest BCUT2D eigenvalue weighted by molar-refractivity contribution is -0.148. The van der Waals surface area contributed by atoms with Gasteiger partial charge in [-0.15, -0.1) is 0 Å². The van der Waals surface area contributed by atoms with Gasteiger partial charge in [0.25, 0.3) is 0 Å². The number of nitrogens with zero attached hydrogens (tertiary/aromatic N) is 3. The summed E-state index contributed by atoms with van der Waals surface area (Å²) in [5.41, 5.74) is 1.13. The second kappa shape index (κ2) is 6.41. The molecule has 1 aliphatic carbocycles. The average Bonchev–Trinajstić information content (AvgIpc) is 3.32. The van der Waals surface area contributed by atoms with E-state index in [9.17, 15) is 4.79 Å². The third-order valence-corrected chi connectivity index (χ3v) is 4.27. The minimum absolute atomic E-state index is 0.0273. The molecule has 0 bridgehead atoms. The Balaban J connectivity index is 1.66. The highest BCUT2D eigenvalue weighted by Gasteiger charge is 2.28. The number of carbonyl (C=O) groups excluding carboxylic acids is 1. The summed E-state index contributed by atoms with van der Waals surface area (Å²) in [7, 11) is 0. The molecular formula is C16H23N3O2. The number of anilines is 1. The van der Waals surface area contributed by atoms with Gasteiger partial charge in [-0.2, -0.15) is 0 Å². The summed E-state index contributed by atoms with van der Waals surface area (Å²) < 4.78 is 5.15. The van der Waals surface area contributed by atoms with Crippen LogP contribution in [-0.2, 0) is 16.0 Å². The van der Waals surface area contributed by atoms with Crippen molar-refractivity contribution < 1.29 is 9.53 Å². The molecule has 2 heterocycles. The summed E-state index contributed by atoms with van der Waals surface area (Å²) >= 11 is 0. The van der Waals surface area contributed by atoms with Crippen molar-refractivity contribution in [3.8, 4) is 0 Å². The summed E-state index contributed by atoms with van der Waals surface area (Å²) in [6.07, 6.45) is 7.29. The molecule has 0 radical (unpaired) electrons. The Labute approximate surface area is 125 Å². The Kier molecular flexibility index (Phi) is 4.36. The van der Waals surface area contributed by atoms with E-state index in [4.69, 9.17) is 4.74 Å². The van der Waals surface area contributed by atoms with Crippen LogP contribution < -0.4 is 4.90 Å². The fourth-order valence-electron chi connectivity index (χ4n) is 2.93. The zero-order valence-corrected chi connectivity index (χ0v) is 12.6. The lowest BCUT2D eigenvalue weighted by Gasteiger charge is -2.32. The van der Waals surface area contributed by atoms with Gasteiger partial charge in [0.05, 0.1) is 12.5 Å². The van der Waals surface area contributed by atoms with Gasteiger partial charge in [0, 0.05) is 24.8 Å². The number of rotatable bonds is 5. The molecule has 1 saturated heterocycles. The van der Waals surface area contributed by atoms with Crippen LogP contribution in [0.5, 0.6) is 0 Å². The SMILES string of the molecule is CCOC(=O)C1CCCN(c2cc(CC3CC3)ncn2)C1. The van der Waals surface area contributed by atoms with Gasteiger partial charge >= 0.3 is 5.97 Å². The summed E-state index contributed by atoms with van der Waals surface area (Å²) in [5, 5.41) is 0. The molecule has 114 valence electrons. The Bertz CT molecular complexity index is 502. The molecule has 0 aromatic carbocycles. The Morgan fingerprint density at radius 1 is 1.38 bits per heavy atom. The molecule has 3 rings (SSSR count). The molecule has 2 aliphatic rings. The van der Waals surface area contributed by atoms with Crippen LogP contribution >= 0.6 is 0 Å². The summed E-state index contributed by atoms with van der Waals surface area (Å²) in [6.45, 7) is 3.97. The summed E-state index contributed by atoms with van der Waals surface area (Å²) in [5.74, 6) is 1.67. The molecule has 0 amide bonds. The zero-order valence-electron chi connectivity index (χ0n) is 12.6. The predicted molar refractivity (Wildman–Crippen MR) is 80.0 cm³/mol. The third kappa shape index (κ3) is 3.71. The second-order valence-electron chi connectivity index (χ2n) is 6.05. The Morgan fingerprint density at radius 3 is 3.00 bits per heavy atom. The van der Waals surface area contributed by atoms with Crippen LogP contribution in [0, 0.1) is 11.8 Å². The molecule has 1 unspecified atom stereocenters. The van der Waals surface area contributed by atoms with Crippen molar-refractivity contribution in [1.29, 1.82) is 0 Å². The number of piperidine rings is 1. The number of aromatic nitrogens is 2. The van der Waals surface area contributed by atoms with Gasteiger partial charge in [-0.05, 0) is 44.9 Å². The van der Waals surface area contributed by atoms with Crippen LogP contribution in [0.15, 0.2) is 12.4 Å². The average molecular weight is 289 g/mol. The van der Waals surface area contributed by atoms with Crippen LogP contribution in [0.2, 0.25) is 0 Å². The quantitative estimate of drug-likeness (QED) is 0.778. The minimum Gasteiger partial charge on any atom is -0.466 e. The molecule has 0 N–H and O–H groups in total. The molecule has 1 atom stereocenters. The van der Waals surface area contributed by atoms with Crippen LogP contribution in [0.25, 0.3) is 0 Å². The van der Waals surface area contributed by atoms with Gasteiger partial charge in [-0.1, -0.05) is 0 Å². The van der Waals surface area contributed by atoms with Crippen molar-refractivity contribution in [2.75, 3.05) is 24.6 Å². The summed E-state index contributed by atoms with van der Waals surface area (Å²) in [6, 6.07) is 2.09. The number of ether oxygens (including phenoxy) is 1. The lowest BCUT2D eigenvalue weighted by atomic mass is 9.98. The van der Waals surface area contributed by atoms with Gasteiger partial charge in [-0.25, -0.2) is 9.97 Å².